The smallest absolute Gasteiger partial charge is 0.246 e. The van der Waals surface area contributed by atoms with E-state index in [0.29, 0.717) is 19.1 Å². The van der Waals surface area contributed by atoms with Gasteiger partial charge in [0.05, 0.1) is 19.0 Å². The Balaban J connectivity index is 2.93. The number of anilines is 1. The first-order chi connectivity index (χ1) is 8.93. The molecule has 0 radical (unpaired) electrons. The van der Waals surface area contributed by atoms with Crippen LogP contribution in [0.5, 0.6) is 0 Å². The van der Waals surface area contributed by atoms with Crippen molar-refractivity contribution in [3.8, 4) is 0 Å². The molecule has 1 unspecified atom stereocenters. The van der Waals surface area contributed by atoms with Crippen LogP contribution in [0.1, 0.15) is 13.8 Å². The van der Waals surface area contributed by atoms with Crippen LogP contribution in [0.2, 0.25) is 0 Å². The Labute approximate surface area is 114 Å². The van der Waals surface area contributed by atoms with E-state index in [9.17, 15) is 8.42 Å². The second kappa shape index (κ2) is 6.78. The molecule has 0 saturated carbocycles. The molecule has 7 nitrogen and oxygen atoms in total. The first kappa shape index (κ1) is 15.8. The van der Waals surface area contributed by atoms with E-state index >= 15 is 0 Å². The molecule has 1 rings (SSSR count). The molecule has 8 heteroatoms. The summed E-state index contributed by atoms with van der Waals surface area (Å²) in [5.74, 6) is 0.411. The van der Waals surface area contributed by atoms with E-state index in [-0.39, 0.29) is 10.9 Å². The van der Waals surface area contributed by atoms with E-state index in [1.165, 1.54) is 30.9 Å². The van der Waals surface area contributed by atoms with Crippen LogP contribution in [0.3, 0.4) is 0 Å². The SMILES string of the molecule is CCNc1ncc(S(=O)(=O)N(C)C(C)COC)cn1. The van der Waals surface area contributed by atoms with Crippen molar-refractivity contribution in [2.45, 2.75) is 24.8 Å². The molecule has 0 aliphatic carbocycles. The summed E-state index contributed by atoms with van der Waals surface area (Å²) in [6, 6.07) is -0.261. The van der Waals surface area contributed by atoms with Crippen LogP contribution in [-0.2, 0) is 14.8 Å². The fourth-order valence-corrected chi connectivity index (χ4v) is 2.69. The van der Waals surface area contributed by atoms with Crippen molar-refractivity contribution >= 4 is 16.0 Å². The Bertz CT molecular complexity index is 489. The first-order valence-electron chi connectivity index (χ1n) is 5.96. The molecule has 1 aromatic rings. The molecule has 0 fully saturated rings. The largest absolute Gasteiger partial charge is 0.383 e. The van der Waals surface area contributed by atoms with Crippen LogP contribution in [0, 0.1) is 0 Å². The Morgan fingerprint density at radius 3 is 2.47 bits per heavy atom. The first-order valence-corrected chi connectivity index (χ1v) is 7.40. The zero-order valence-corrected chi connectivity index (χ0v) is 12.4. The number of methoxy groups -OCH3 is 1. The summed E-state index contributed by atoms with van der Waals surface area (Å²) in [5, 5.41) is 2.91. The molecule has 0 saturated heterocycles. The minimum absolute atomic E-state index is 0.0691. The number of nitrogens with one attached hydrogen (secondary N) is 1. The van der Waals surface area contributed by atoms with E-state index in [1.807, 2.05) is 6.92 Å². The Hall–Kier alpha value is -1.25. The standard InChI is InChI=1S/C11H20N4O3S/c1-5-12-11-13-6-10(7-14-11)19(16,17)15(3)9(2)8-18-4/h6-7,9H,5,8H2,1-4H3,(H,12,13,14). The fourth-order valence-electron chi connectivity index (χ4n) is 1.45. The van der Waals surface area contributed by atoms with Crippen LogP contribution in [0.4, 0.5) is 5.95 Å². The lowest BCUT2D eigenvalue weighted by molar-refractivity contribution is 0.149. The Morgan fingerprint density at radius 1 is 1.42 bits per heavy atom. The fraction of sp³-hybridized carbons (Fsp3) is 0.636. The molecule has 0 aliphatic rings. The van der Waals surface area contributed by atoms with Gasteiger partial charge >= 0.3 is 0 Å². The van der Waals surface area contributed by atoms with E-state index in [1.54, 1.807) is 6.92 Å². The summed E-state index contributed by atoms with van der Waals surface area (Å²) in [5.41, 5.74) is 0. The highest BCUT2D eigenvalue weighted by Gasteiger charge is 2.26. The summed E-state index contributed by atoms with van der Waals surface area (Å²) in [7, 11) is -0.547. The molecule has 108 valence electrons. The van der Waals surface area contributed by atoms with Gasteiger partial charge in [0.25, 0.3) is 0 Å². The van der Waals surface area contributed by atoms with Gasteiger partial charge < -0.3 is 10.1 Å². The third-order valence-electron chi connectivity index (χ3n) is 2.67. The summed E-state index contributed by atoms with van der Waals surface area (Å²) >= 11 is 0. The lowest BCUT2D eigenvalue weighted by Gasteiger charge is -2.23. The summed E-state index contributed by atoms with van der Waals surface area (Å²) in [4.78, 5) is 8.00. The maximum Gasteiger partial charge on any atom is 0.246 e. The van der Waals surface area contributed by atoms with Gasteiger partial charge in [0.1, 0.15) is 4.90 Å². The molecule has 0 aromatic carbocycles. The molecule has 0 amide bonds. The van der Waals surface area contributed by atoms with E-state index in [2.05, 4.69) is 15.3 Å². The average Bonchev–Trinajstić information content (AvgIpc) is 2.39. The number of sulfonamides is 1. The Kier molecular flexibility index (Phi) is 5.64. The van der Waals surface area contributed by atoms with Crippen molar-refractivity contribution in [1.29, 1.82) is 0 Å². The van der Waals surface area contributed by atoms with E-state index in [0.717, 1.165) is 0 Å². The van der Waals surface area contributed by atoms with Gasteiger partial charge in [-0.3, -0.25) is 0 Å². The van der Waals surface area contributed by atoms with Gasteiger partial charge in [-0.25, -0.2) is 18.4 Å². The van der Waals surface area contributed by atoms with Gasteiger partial charge in [-0.2, -0.15) is 4.31 Å². The minimum Gasteiger partial charge on any atom is -0.383 e. The van der Waals surface area contributed by atoms with Crippen molar-refractivity contribution in [3.63, 3.8) is 0 Å². The van der Waals surface area contributed by atoms with Crippen LogP contribution in [0.25, 0.3) is 0 Å². The molecule has 1 atom stereocenters. The van der Waals surface area contributed by atoms with Crippen LogP contribution < -0.4 is 5.32 Å². The quantitative estimate of drug-likeness (QED) is 0.789. The maximum atomic E-state index is 12.3. The van der Waals surface area contributed by atoms with Gasteiger partial charge in [-0.05, 0) is 13.8 Å². The number of likely N-dealkylation sites (N-methyl/N-ethyl adjacent to an activating group) is 1. The van der Waals surface area contributed by atoms with Crippen LogP contribution in [0.15, 0.2) is 17.3 Å². The van der Waals surface area contributed by atoms with Crippen LogP contribution >= 0.6 is 0 Å². The van der Waals surface area contributed by atoms with Gasteiger partial charge in [0, 0.05) is 26.7 Å². The number of aromatic nitrogens is 2. The summed E-state index contributed by atoms with van der Waals surface area (Å²) in [6.45, 7) is 4.69. The number of hydrogen-bond acceptors (Lipinski definition) is 6. The number of nitrogens with zero attached hydrogens (tertiary/aromatic N) is 3. The minimum atomic E-state index is -3.59. The highest BCUT2D eigenvalue weighted by Crippen LogP contribution is 2.15. The monoisotopic (exact) mass is 288 g/mol. The van der Waals surface area contributed by atoms with Crippen LogP contribution in [-0.4, -0.2) is 56.0 Å². The molecule has 0 spiro atoms. The van der Waals surface area contributed by atoms with Gasteiger partial charge in [-0.1, -0.05) is 0 Å². The second-order valence-corrected chi connectivity index (χ2v) is 6.10. The zero-order valence-electron chi connectivity index (χ0n) is 11.6. The van der Waals surface area contributed by atoms with Crippen molar-refractivity contribution in [1.82, 2.24) is 14.3 Å². The van der Waals surface area contributed by atoms with Gasteiger partial charge in [-0.15, -0.1) is 0 Å². The molecule has 0 bridgehead atoms. The highest BCUT2D eigenvalue weighted by molar-refractivity contribution is 7.89. The second-order valence-electron chi connectivity index (χ2n) is 4.10. The molecular weight excluding hydrogens is 268 g/mol. The Morgan fingerprint density at radius 2 is 2.00 bits per heavy atom. The maximum absolute atomic E-state index is 12.3. The number of hydrogen-bond donors (Lipinski definition) is 1. The van der Waals surface area contributed by atoms with E-state index < -0.39 is 10.0 Å². The molecular formula is C11H20N4O3S. The third-order valence-corrected chi connectivity index (χ3v) is 4.59. The predicted octanol–water partition coefficient (Wildman–Crippen LogP) is 0.564. The molecule has 0 aliphatic heterocycles. The molecule has 1 heterocycles. The summed E-state index contributed by atoms with van der Waals surface area (Å²) < 4.78 is 30.8. The molecule has 1 aromatic heterocycles. The summed E-state index contributed by atoms with van der Waals surface area (Å²) in [6.07, 6.45) is 2.60. The third kappa shape index (κ3) is 3.85. The number of rotatable bonds is 7. The van der Waals surface area contributed by atoms with Crippen molar-refractivity contribution in [2.24, 2.45) is 0 Å². The van der Waals surface area contributed by atoms with Crippen molar-refractivity contribution in [2.75, 3.05) is 32.6 Å². The lowest BCUT2D eigenvalue weighted by Crippen LogP contribution is -2.37. The lowest BCUT2D eigenvalue weighted by atomic mass is 10.4. The van der Waals surface area contributed by atoms with Crippen molar-refractivity contribution in [3.05, 3.63) is 12.4 Å². The number of ether oxygens (including phenoxy) is 1. The van der Waals surface area contributed by atoms with Crippen molar-refractivity contribution < 1.29 is 13.2 Å². The predicted molar refractivity (Wildman–Crippen MR) is 72.5 cm³/mol. The molecule has 19 heavy (non-hydrogen) atoms. The molecule has 1 N–H and O–H groups in total. The normalized spacial score (nSPS) is 13.5. The van der Waals surface area contributed by atoms with Gasteiger partial charge in [0.15, 0.2) is 0 Å². The topological polar surface area (TPSA) is 84.4 Å². The highest BCUT2D eigenvalue weighted by atomic mass is 32.2. The average molecular weight is 288 g/mol. The van der Waals surface area contributed by atoms with Gasteiger partial charge in [0.2, 0.25) is 16.0 Å². The van der Waals surface area contributed by atoms with E-state index in [4.69, 9.17) is 4.74 Å². The zero-order chi connectivity index (χ0) is 14.5.